The molecule has 3 aromatic heterocycles. The highest BCUT2D eigenvalue weighted by molar-refractivity contribution is 7.99. The molecule has 9 heteroatoms. The third kappa shape index (κ3) is 5.20. The SMILES string of the molecule is Cc1ncccc1Sc1cc(OCCO)cnc1Nc1nc(C(C)CO)cs1. The van der Waals surface area contributed by atoms with Crippen molar-refractivity contribution in [3.8, 4) is 5.75 Å². The molecule has 0 fully saturated rings. The Balaban J connectivity index is 1.88. The Morgan fingerprint density at radius 3 is 2.89 bits per heavy atom. The molecular weight excluding hydrogens is 396 g/mol. The van der Waals surface area contributed by atoms with Crippen LogP contribution in [-0.2, 0) is 0 Å². The first kappa shape index (κ1) is 20.5. The number of anilines is 2. The highest BCUT2D eigenvalue weighted by atomic mass is 32.2. The van der Waals surface area contributed by atoms with Crippen LogP contribution in [0.2, 0.25) is 0 Å². The summed E-state index contributed by atoms with van der Waals surface area (Å²) < 4.78 is 5.51. The van der Waals surface area contributed by atoms with Crippen molar-refractivity contribution in [1.29, 1.82) is 0 Å². The first-order valence-corrected chi connectivity index (χ1v) is 10.5. The Hall–Kier alpha value is -2.20. The molecule has 0 radical (unpaired) electrons. The van der Waals surface area contributed by atoms with Gasteiger partial charge in [-0.3, -0.25) is 4.98 Å². The Morgan fingerprint density at radius 1 is 1.29 bits per heavy atom. The lowest BCUT2D eigenvalue weighted by Gasteiger charge is -2.12. The molecule has 0 amide bonds. The van der Waals surface area contributed by atoms with Gasteiger partial charge in [0.05, 0.1) is 35.7 Å². The summed E-state index contributed by atoms with van der Waals surface area (Å²) in [6, 6.07) is 5.78. The quantitative estimate of drug-likeness (QED) is 0.485. The van der Waals surface area contributed by atoms with E-state index in [9.17, 15) is 5.11 Å². The van der Waals surface area contributed by atoms with Gasteiger partial charge in [0.1, 0.15) is 18.2 Å². The average molecular weight is 419 g/mol. The van der Waals surface area contributed by atoms with Crippen molar-refractivity contribution in [2.45, 2.75) is 29.6 Å². The highest BCUT2D eigenvalue weighted by Crippen LogP contribution is 2.37. The molecule has 0 spiro atoms. The summed E-state index contributed by atoms with van der Waals surface area (Å²) in [4.78, 5) is 15.2. The molecule has 3 heterocycles. The monoisotopic (exact) mass is 418 g/mol. The van der Waals surface area contributed by atoms with Crippen molar-refractivity contribution in [2.24, 2.45) is 0 Å². The van der Waals surface area contributed by atoms with Crippen LogP contribution >= 0.6 is 23.1 Å². The highest BCUT2D eigenvalue weighted by Gasteiger charge is 2.14. The molecule has 7 nitrogen and oxygen atoms in total. The van der Waals surface area contributed by atoms with Crippen LogP contribution < -0.4 is 10.1 Å². The molecule has 28 heavy (non-hydrogen) atoms. The van der Waals surface area contributed by atoms with Gasteiger partial charge in [-0.15, -0.1) is 11.3 Å². The molecule has 0 bridgehead atoms. The van der Waals surface area contributed by atoms with E-state index in [0.717, 1.165) is 21.2 Å². The second-order valence-electron chi connectivity index (χ2n) is 6.06. The Labute approximate surface area is 171 Å². The summed E-state index contributed by atoms with van der Waals surface area (Å²) in [5.41, 5.74) is 1.77. The van der Waals surface area contributed by atoms with Crippen LogP contribution in [0.1, 0.15) is 24.2 Å². The molecule has 3 rings (SSSR count). The Morgan fingerprint density at radius 2 is 2.14 bits per heavy atom. The summed E-state index contributed by atoms with van der Waals surface area (Å²) in [5, 5.41) is 24.2. The third-order valence-electron chi connectivity index (χ3n) is 3.89. The maximum atomic E-state index is 9.31. The van der Waals surface area contributed by atoms with Crippen LogP contribution in [-0.4, -0.2) is 45.0 Å². The van der Waals surface area contributed by atoms with E-state index in [2.05, 4.69) is 20.3 Å². The van der Waals surface area contributed by atoms with Crippen molar-refractivity contribution in [1.82, 2.24) is 15.0 Å². The number of pyridine rings is 2. The number of aryl methyl sites for hydroxylation is 1. The van der Waals surface area contributed by atoms with E-state index in [1.165, 1.54) is 23.1 Å². The molecule has 1 atom stereocenters. The van der Waals surface area contributed by atoms with E-state index in [1.54, 1.807) is 12.4 Å². The van der Waals surface area contributed by atoms with Gasteiger partial charge in [-0.25, -0.2) is 9.97 Å². The maximum absolute atomic E-state index is 9.31. The van der Waals surface area contributed by atoms with Crippen LogP contribution in [0.25, 0.3) is 0 Å². The van der Waals surface area contributed by atoms with E-state index in [1.807, 2.05) is 37.4 Å². The Kier molecular flexibility index (Phi) is 7.21. The molecule has 3 N–H and O–H groups in total. The lowest BCUT2D eigenvalue weighted by molar-refractivity contribution is 0.200. The minimum atomic E-state index is -0.0604. The number of rotatable bonds is 9. The van der Waals surface area contributed by atoms with Gasteiger partial charge in [0, 0.05) is 22.4 Å². The number of hydrogen-bond acceptors (Lipinski definition) is 9. The van der Waals surface area contributed by atoms with Gasteiger partial charge in [0.25, 0.3) is 0 Å². The smallest absolute Gasteiger partial charge is 0.188 e. The summed E-state index contributed by atoms with van der Waals surface area (Å²) in [7, 11) is 0. The van der Waals surface area contributed by atoms with Gasteiger partial charge in [0.15, 0.2) is 5.13 Å². The summed E-state index contributed by atoms with van der Waals surface area (Å²) in [5.74, 6) is 1.22. The topological polar surface area (TPSA) is 100 Å². The fourth-order valence-electron chi connectivity index (χ4n) is 2.30. The van der Waals surface area contributed by atoms with Gasteiger partial charge in [-0.05, 0) is 25.1 Å². The van der Waals surface area contributed by atoms with Crippen LogP contribution in [0.5, 0.6) is 5.75 Å². The first-order chi connectivity index (χ1) is 13.6. The van der Waals surface area contributed by atoms with Crippen molar-refractivity contribution < 1.29 is 14.9 Å². The van der Waals surface area contributed by atoms with E-state index < -0.39 is 0 Å². The largest absolute Gasteiger partial charge is 0.490 e. The van der Waals surface area contributed by atoms with Gasteiger partial charge < -0.3 is 20.3 Å². The predicted molar refractivity (Wildman–Crippen MR) is 111 cm³/mol. The summed E-state index contributed by atoms with van der Waals surface area (Å²) in [6.45, 7) is 4.09. The minimum absolute atomic E-state index is 0.0131. The van der Waals surface area contributed by atoms with Crippen molar-refractivity contribution >= 4 is 34.0 Å². The minimum Gasteiger partial charge on any atom is -0.490 e. The number of thiazole rings is 1. The average Bonchev–Trinajstić information content (AvgIpc) is 3.17. The lowest BCUT2D eigenvalue weighted by atomic mass is 10.1. The molecule has 0 aliphatic carbocycles. The number of hydrogen-bond donors (Lipinski definition) is 3. The predicted octanol–water partition coefficient (Wildman–Crippen LogP) is 3.60. The van der Waals surface area contributed by atoms with Gasteiger partial charge >= 0.3 is 0 Å². The fourth-order valence-corrected chi connectivity index (χ4v) is 4.09. The third-order valence-corrected chi connectivity index (χ3v) is 5.85. The number of nitrogens with zero attached hydrogens (tertiary/aromatic N) is 3. The van der Waals surface area contributed by atoms with Crippen molar-refractivity contribution in [3.63, 3.8) is 0 Å². The van der Waals surface area contributed by atoms with E-state index in [-0.39, 0.29) is 25.7 Å². The van der Waals surface area contributed by atoms with E-state index in [4.69, 9.17) is 9.84 Å². The standard InChI is InChI=1S/C19H22N4O3S2/c1-12(10-25)15-11-27-19(22-15)23-18-17(8-14(9-21-18)26-7-6-24)28-16-4-3-5-20-13(16)2/h3-5,8-9,11-12,24-25H,6-7,10H2,1-2H3,(H,21,22,23). The molecule has 3 aromatic rings. The number of ether oxygens (including phenoxy) is 1. The first-order valence-electron chi connectivity index (χ1n) is 8.77. The molecular formula is C19H22N4O3S2. The molecule has 0 aliphatic rings. The van der Waals surface area contributed by atoms with Crippen molar-refractivity contribution in [2.75, 3.05) is 25.1 Å². The van der Waals surface area contributed by atoms with Gasteiger partial charge in [-0.1, -0.05) is 18.7 Å². The zero-order chi connectivity index (χ0) is 19.9. The maximum Gasteiger partial charge on any atom is 0.188 e. The van der Waals surface area contributed by atoms with Crippen LogP contribution in [0.3, 0.4) is 0 Å². The van der Waals surface area contributed by atoms with Crippen LogP contribution in [0, 0.1) is 6.92 Å². The molecule has 0 aliphatic heterocycles. The number of aliphatic hydroxyl groups is 2. The van der Waals surface area contributed by atoms with E-state index >= 15 is 0 Å². The lowest BCUT2D eigenvalue weighted by Crippen LogP contribution is -2.03. The second kappa shape index (κ2) is 9.83. The molecule has 0 saturated carbocycles. The molecule has 0 aromatic carbocycles. The number of aromatic nitrogens is 3. The number of aliphatic hydroxyl groups excluding tert-OH is 2. The van der Waals surface area contributed by atoms with Gasteiger partial charge in [-0.2, -0.15) is 0 Å². The zero-order valence-corrected chi connectivity index (χ0v) is 17.3. The zero-order valence-electron chi connectivity index (χ0n) is 15.6. The second-order valence-corrected chi connectivity index (χ2v) is 8.01. The van der Waals surface area contributed by atoms with E-state index in [0.29, 0.717) is 16.7 Å². The normalized spacial score (nSPS) is 12.0. The summed E-state index contributed by atoms with van der Waals surface area (Å²) in [6.07, 6.45) is 3.38. The summed E-state index contributed by atoms with van der Waals surface area (Å²) >= 11 is 3.00. The molecule has 148 valence electrons. The fraction of sp³-hybridized carbons (Fsp3) is 0.316. The Bertz CT molecular complexity index is 920. The van der Waals surface area contributed by atoms with Crippen LogP contribution in [0.15, 0.2) is 45.8 Å². The van der Waals surface area contributed by atoms with Gasteiger partial charge in [0.2, 0.25) is 0 Å². The molecule has 0 saturated heterocycles. The molecule has 1 unspecified atom stereocenters. The van der Waals surface area contributed by atoms with Crippen LogP contribution in [0.4, 0.5) is 10.9 Å². The number of nitrogens with one attached hydrogen (secondary N) is 1. The van der Waals surface area contributed by atoms with Crippen molar-refractivity contribution in [3.05, 3.63) is 47.4 Å².